The van der Waals surface area contributed by atoms with Crippen molar-refractivity contribution >= 4 is 35.3 Å². The van der Waals surface area contributed by atoms with Gasteiger partial charge in [-0.15, -0.1) is 0 Å². The van der Waals surface area contributed by atoms with Crippen LogP contribution in [0.15, 0.2) is 59.5 Å². The summed E-state index contributed by atoms with van der Waals surface area (Å²) in [5.41, 5.74) is 5.22. The number of amides is 1. The molecule has 2 aromatic carbocycles. The SMILES string of the molecule is O=C1/C(=C\c2ccc(Cl)cc2)SC2NC(c3ccccc3)NN12. The first-order chi connectivity index (χ1) is 11.2. The van der Waals surface area contributed by atoms with E-state index in [1.54, 1.807) is 5.01 Å². The van der Waals surface area contributed by atoms with Gasteiger partial charge in [0.05, 0.1) is 4.91 Å². The molecule has 116 valence electrons. The minimum Gasteiger partial charge on any atom is -0.267 e. The standard InChI is InChI=1S/C17H14ClN3OS/c18-13-8-6-11(7-9-13)10-14-16(22)21-17(23-14)19-15(20-21)12-4-2-1-3-5-12/h1-10,15,17,19-20H/b14-10+. The third kappa shape index (κ3) is 2.88. The first-order valence-electron chi connectivity index (χ1n) is 7.25. The van der Waals surface area contributed by atoms with Gasteiger partial charge in [0.15, 0.2) is 5.50 Å². The Balaban J connectivity index is 1.51. The Bertz CT molecular complexity index is 763. The molecule has 2 saturated heterocycles. The maximum Gasteiger partial charge on any atom is 0.276 e. The van der Waals surface area contributed by atoms with Crippen molar-refractivity contribution in [1.29, 1.82) is 0 Å². The fraction of sp³-hybridized carbons (Fsp3) is 0.118. The van der Waals surface area contributed by atoms with Gasteiger partial charge in [0.2, 0.25) is 0 Å². The van der Waals surface area contributed by atoms with Crippen molar-refractivity contribution in [2.75, 3.05) is 0 Å². The molecular weight excluding hydrogens is 330 g/mol. The zero-order valence-corrected chi connectivity index (χ0v) is 13.6. The van der Waals surface area contributed by atoms with Gasteiger partial charge in [0.1, 0.15) is 6.17 Å². The van der Waals surface area contributed by atoms with Crippen molar-refractivity contribution in [2.24, 2.45) is 0 Å². The van der Waals surface area contributed by atoms with Gasteiger partial charge in [-0.25, -0.2) is 10.4 Å². The van der Waals surface area contributed by atoms with Crippen LogP contribution in [0.1, 0.15) is 17.3 Å². The number of halogens is 1. The predicted molar refractivity (Wildman–Crippen MR) is 93.1 cm³/mol. The van der Waals surface area contributed by atoms with Crippen LogP contribution in [0, 0.1) is 0 Å². The van der Waals surface area contributed by atoms with Crippen LogP contribution >= 0.6 is 23.4 Å². The average Bonchev–Trinajstić information content (AvgIpc) is 3.11. The van der Waals surface area contributed by atoms with Crippen molar-refractivity contribution < 1.29 is 4.79 Å². The molecule has 23 heavy (non-hydrogen) atoms. The fourth-order valence-electron chi connectivity index (χ4n) is 2.62. The number of rotatable bonds is 2. The van der Waals surface area contributed by atoms with Crippen LogP contribution in [-0.4, -0.2) is 16.4 Å². The monoisotopic (exact) mass is 343 g/mol. The second kappa shape index (κ2) is 6.02. The van der Waals surface area contributed by atoms with Crippen LogP contribution in [0.2, 0.25) is 5.02 Å². The van der Waals surface area contributed by atoms with E-state index in [-0.39, 0.29) is 17.6 Å². The summed E-state index contributed by atoms with van der Waals surface area (Å²) in [6, 6.07) is 17.5. The van der Waals surface area contributed by atoms with Gasteiger partial charge >= 0.3 is 0 Å². The van der Waals surface area contributed by atoms with E-state index in [9.17, 15) is 4.79 Å². The van der Waals surface area contributed by atoms with E-state index in [2.05, 4.69) is 10.7 Å². The molecule has 0 aromatic heterocycles. The molecule has 6 heteroatoms. The Hall–Kier alpha value is -1.79. The molecule has 2 aliphatic rings. The van der Waals surface area contributed by atoms with Gasteiger partial charge in [0.25, 0.3) is 5.91 Å². The number of hydrogen-bond acceptors (Lipinski definition) is 4. The largest absolute Gasteiger partial charge is 0.276 e. The first kappa shape index (κ1) is 14.8. The Kier molecular flexibility index (Phi) is 3.87. The zero-order valence-electron chi connectivity index (χ0n) is 12.1. The second-order valence-electron chi connectivity index (χ2n) is 5.34. The highest BCUT2D eigenvalue weighted by Crippen LogP contribution is 2.38. The molecule has 1 amide bonds. The van der Waals surface area contributed by atoms with Crippen molar-refractivity contribution in [3.05, 3.63) is 75.7 Å². The molecule has 2 N–H and O–H groups in total. The van der Waals surface area contributed by atoms with Gasteiger partial charge < -0.3 is 0 Å². The van der Waals surface area contributed by atoms with Gasteiger partial charge in [-0.2, -0.15) is 0 Å². The maximum absolute atomic E-state index is 12.5. The van der Waals surface area contributed by atoms with Crippen LogP contribution in [0.4, 0.5) is 0 Å². The number of nitrogens with zero attached hydrogens (tertiary/aromatic N) is 1. The molecule has 2 aliphatic heterocycles. The molecule has 2 aromatic rings. The molecular formula is C17H14ClN3OS. The van der Waals surface area contributed by atoms with Crippen molar-refractivity contribution in [3.63, 3.8) is 0 Å². The lowest BCUT2D eigenvalue weighted by molar-refractivity contribution is -0.127. The van der Waals surface area contributed by atoms with E-state index in [1.165, 1.54) is 11.8 Å². The minimum atomic E-state index is -0.0914. The molecule has 4 nitrogen and oxygen atoms in total. The summed E-state index contributed by atoms with van der Waals surface area (Å²) in [6.45, 7) is 0. The predicted octanol–water partition coefficient (Wildman–Crippen LogP) is 3.35. The van der Waals surface area contributed by atoms with Gasteiger partial charge in [-0.3, -0.25) is 10.1 Å². The molecule has 2 fully saturated rings. The summed E-state index contributed by atoms with van der Waals surface area (Å²) >= 11 is 7.41. The van der Waals surface area contributed by atoms with Crippen LogP contribution in [0.3, 0.4) is 0 Å². The van der Waals surface area contributed by atoms with E-state index < -0.39 is 0 Å². The zero-order chi connectivity index (χ0) is 15.8. The fourth-order valence-corrected chi connectivity index (χ4v) is 3.86. The maximum atomic E-state index is 12.5. The molecule has 0 saturated carbocycles. The van der Waals surface area contributed by atoms with E-state index in [1.807, 2.05) is 60.7 Å². The Morgan fingerprint density at radius 1 is 1.09 bits per heavy atom. The van der Waals surface area contributed by atoms with Crippen molar-refractivity contribution in [3.8, 4) is 0 Å². The number of benzene rings is 2. The number of carbonyl (C=O) groups excluding carboxylic acids is 1. The molecule has 2 atom stereocenters. The first-order valence-corrected chi connectivity index (χ1v) is 8.51. The molecule has 0 spiro atoms. The minimum absolute atomic E-state index is 0.0131. The lowest BCUT2D eigenvalue weighted by Crippen LogP contribution is -2.37. The Labute approximate surface area is 143 Å². The number of hydrogen-bond donors (Lipinski definition) is 2. The summed E-state index contributed by atoms with van der Waals surface area (Å²) in [4.78, 5) is 13.3. The Morgan fingerprint density at radius 2 is 1.83 bits per heavy atom. The molecule has 2 heterocycles. The molecule has 4 rings (SSSR count). The highest BCUT2D eigenvalue weighted by Gasteiger charge is 2.43. The summed E-state index contributed by atoms with van der Waals surface area (Å²) in [7, 11) is 0. The third-order valence-corrected chi connectivity index (χ3v) is 5.15. The van der Waals surface area contributed by atoms with Crippen molar-refractivity contribution in [2.45, 2.75) is 11.7 Å². The van der Waals surface area contributed by atoms with E-state index >= 15 is 0 Å². The topological polar surface area (TPSA) is 44.4 Å². The van der Waals surface area contributed by atoms with Gasteiger partial charge in [0, 0.05) is 5.02 Å². The number of hydrazine groups is 1. The lowest BCUT2D eigenvalue weighted by atomic mass is 10.2. The quantitative estimate of drug-likeness (QED) is 0.821. The smallest absolute Gasteiger partial charge is 0.267 e. The summed E-state index contributed by atoms with van der Waals surface area (Å²) in [5.74, 6) is -0.0131. The van der Waals surface area contributed by atoms with E-state index in [0.717, 1.165) is 11.1 Å². The molecule has 0 bridgehead atoms. The van der Waals surface area contributed by atoms with Crippen LogP contribution < -0.4 is 10.7 Å². The number of carbonyl (C=O) groups is 1. The van der Waals surface area contributed by atoms with E-state index in [4.69, 9.17) is 11.6 Å². The number of nitrogens with one attached hydrogen (secondary N) is 2. The van der Waals surface area contributed by atoms with Crippen LogP contribution in [0.5, 0.6) is 0 Å². The van der Waals surface area contributed by atoms with Crippen LogP contribution in [-0.2, 0) is 4.79 Å². The summed E-state index contributed by atoms with van der Waals surface area (Å²) < 4.78 is 0. The molecule has 0 radical (unpaired) electrons. The lowest BCUT2D eigenvalue weighted by Gasteiger charge is -2.14. The third-order valence-electron chi connectivity index (χ3n) is 3.78. The highest BCUT2D eigenvalue weighted by atomic mass is 35.5. The normalized spacial score (nSPS) is 25.2. The van der Waals surface area contributed by atoms with Crippen LogP contribution in [0.25, 0.3) is 6.08 Å². The summed E-state index contributed by atoms with van der Waals surface area (Å²) in [5, 5.41) is 5.76. The highest BCUT2D eigenvalue weighted by molar-refractivity contribution is 8.05. The van der Waals surface area contributed by atoms with Gasteiger partial charge in [-0.1, -0.05) is 65.8 Å². The Morgan fingerprint density at radius 3 is 2.52 bits per heavy atom. The summed E-state index contributed by atoms with van der Waals surface area (Å²) in [6.07, 6.45) is 1.84. The van der Waals surface area contributed by atoms with Gasteiger partial charge in [-0.05, 0) is 29.3 Å². The number of thioether (sulfide) groups is 1. The number of fused-ring (bicyclic) bond motifs is 1. The molecule has 2 unspecified atom stereocenters. The van der Waals surface area contributed by atoms with E-state index in [0.29, 0.717) is 9.93 Å². The average molecular weight is 344 g/mol. The second-order valence-corrected chi connectivity index (χ2v) is 6.90. The molecule has 0 aliphatic carbocycles. The van der Waals surface area contributed by atoms with Crippen molar-refractivity contribution in [1.82, 2.24) is 15.8 Å².